The normalized spacial score (nSPS) is 18.8. The second kappa shape index (κ2) is 6.76. The summed E-state index contributed by atoms with van der Waals surface area (Å²) in [6, 6.07) is 7.37. The van der Waals surface area contributed by atoms with Crippen LogP contribution in [-0.4, -0.2) is 25.7 Å². The number of benzene rings is 1. The van der Waals surface area contributed by atoms with E-state index in [0.29, 0.717) is 17.4 Å². The van der Waals surface area contributed by atoms with Crippen LogP contribution in [0.4, 0.5) is 0 Å². The molecule has 2 rings (SSSR count). The Labute approximate surface area is 112 Å². The van der Waals surface area contributed by atoms with Gasteiger partial charge in [0.25, 0.3) is 0 Å². The maximum absolute atomic E-state index is 11.7. The first kappa shape index (κ1) is 13.4. The first-order valence-corrected chi connectivity index (χ1v) is 6.71. The number of carbonyl (C=O) groups is 1. The van der Waals surface area contributed by atoms with Crippen molar-refractivity contribution in [2.24, 2.45) is 5.92 Å². The number of ether oxygens (including phenoxy) is 1. The second-order valence-corrected chi connectivity index (χ2v) is 5.11. The molecule has 1 aliphatic heterocycles. The maximum atomic E-state index is 11.7. The quantitative estimate of drug-likeness (QED) is 0.890. The van der Waals surface area contributed by atoms with Crippen LogP contribution in [0.25, 0.3) is 0 Å². The van der Waals surface area contributed by atoms with E-state index in [1.165, 1.54) is 0 Å². The van der Waals surface area contributed by atoms with Gasteiger partial charge in [-0.15, -0.1) is 0 Å². The van der Waals surface area contributed by atoms with Gasteiger partial charge in [-0.1, -0.05) is 23.7 Å². The van der Waals surface area contributed by atoms with Crippen molar-refractivity contribution in [3.63, 3.8) is 0 Å². The van der Waals surface area contributed by atoms with Crippen LogP contribution in [0.5, 0.6) is 0 Å². The Kier molecular flexibility index (Phi) is 5.02. The van der Waals surface area contributed by atoms with Crippen molar-refractivity contribution in [2.45, 2.75) is 19.3 Å². The fourth-order valence-electron chi connectivity index (χ4n) is 2.08. The zero-order valence-electron chi connectivity index (χ0n) is 10.3. The van der Waals surface area contributed by atoms with Crippen LogP contribution in [0.3, 0.4) is 0 Å². The van der Waals surface area contributed by atoms with Crippen molar-refractivity contribution >= 4 is 17.5 Å². The van der Waals surface area contributed by atoms with Crippen LogP contribution in [0, 0.1) is 5.92 Å². The minimum atomic E-state index is 0.0660. The third-order valence-corrected chi connectivity index (χ3v) is 3.43. The van der Waals surface area contributed by atoms with Crippen molar-refractivity contribution in [2.75, 3.05) is 19.8 Å². The molecule has 0 aliphatic carbocycles. The van der Waals surface area contributed by atoms with E-state index in [1.54, 1.807) is 12.1 Å². The van der Waals surface area contributed by atoms with Crippen molar-refractivity contribution in [1.82, 2.24) is 5.32 Å². The minimum absolute atomic E-state index is 0.0660. The molecule has 98 valence electrons. The summed E-state index contributed by atoms with van der Waals surface area (Å²) in [6.07, 6.45) is 2.54. The summed E-state index contributed by atoms with van der Waals surface area (Å²) < 4.78 is 5.30. The fraction of sp³-hybridized carbons (Fsp3) is 0.500. The van der Waals surface area contributed by atoms with Gasteiger partial charge < -0.3 is 10.1 Å². The Morgan fingerprint density at radius 3 is 2.83 bits per heavy atom. The molecule has 1 fully saturated rings. The van der Waals surface area contributed by atoms with Gasteiger partial charge >= 0.3 is 0 Å². The van der Waals surface area contributed by atoms with Crippen LogP contribution in [0.2, 0.25) is 5.02 Å². The molecule has 0 saturated carbocycles. The van der Waals surface area contributed by atoms with Gasteiger partial charge in [0.1, 0.15) is 0 Å². The highest BCUT2D eigenvalue weighted by atomic mass is 35.5. The lowest BCUT2D eigenvalue weighted by Gasteiger charge is -2.08. The van der Waals surface area contributed by atoms with E-state index in [1.807, 2.05) is 12.1 Å². The highest BCUT2D eigenvalue weighted by Crippen LogP contribution is 2.15. The highest BCUT2D eigenvalue weighted by Gasteiger charge is 2.15. The molecule has 1 N–H and O–H groups in total. The van der Waals surface area contributed by atoms with E-state index in [9.17, 15) is 4.79 Å². The van der Waals surface area contributed by atoms with Gasteiger partial charge in [-0.3, -0.25) is 4.79 Å². The molecule has 1 aromatic carbocycles. The molecular weight excluding hydrogens is 250 g/mol. The van der Waals surface area contributed by atoms with Gasteiger partial charge in [-0.05, 0) is 36.5 Å². The summed E-state index contributed by atoms with van der Waals surface area (Å²) in [5.41, 5.74) is 0.987. The topological polar surface area (TPSA) is 38.3 Å². The van der Waals surface area contributed by atoms with E-state index in [4.69, 9.17) is 16.3 Å². The average molecular weight is 268 g/mol. The lowest BCUT2D eigenvalue weighted by atomic mass is 10.1. The molecule has 1 aliphatic rings. The van der Waals surface area contributed by atoms with Gasteiger partial charge in [0.05, 0.1) is 6.42 Å². The SMILES string of the molecule is O=C(Cc1ccc(Cl)cc1)NCC[C@@H]1CCOC1. The molecule has 0 unspecified atom stereocenters. The van der Waals surface area contributed by atoms with Crippen molar-refractivity contribution in [1.29, 1.82) is 0 Å². The Morgan fingerprint density at radius 2 is 2.17 bits per heavy atom. The van der Waals surface area contributed by atoms with Crippen LogP contribution in [0.1, 0.15) is 18.4 Å². The predicted molar refractivity (Wildman–Crippen MR) is 71.7 cm³/mol. The number of hydrogen-bond donors (Lipinski definition) is 1. The molecule has 1 saturated heterocycles. The molecule has 4 heteroatoms. The molecule has 18 heavy (non-hydrogen) atoms. The molecule has 0 aromatic heterocycles. The van der Waals surface area contributed by atoms with E-state index >= 15 is 0 Å². The number of carbonyl (C=O) groups excluding carboxylic acids is 1. The molecule has 1 atom stereocenters. The van der Waals surface area contributed by atoms with E-state index in [0.717, 1.165) is 38.2 Å². The van der Waals surface area contributed by atoms with Gasteiger partial charge in [0, 0.05) is 24.8 Å². The van der Waals surface area contributed by atoms with Crippen LogP contribution in [-0.2, 0) is 16.0 Å². The summed E-state index contributed by atoms with van der Waals surface area (Å²) in [5, 5.41) is 3.64. The third-order valence-electron chi connectivity index (χ3n) is 3.18. The Bertz CT molecular complexity index is 385. The summed E-state index contributed by atoms with van der Waals surface area (Å²) in [4.78, 5) is 11.7. The number of hydrogen-bond acceptors (Lipinski definition) is 2. The summed E-state index contributed by atoms with van der Waals surface area (Å²) in [5.74, 6) is 0.678. The lowest BCUT2D eigenvalue weighted by Crippen LogP contribution is -2.27. The third kappa shape index (κ3) is 4.31. The van der Waals surface area contributed by atoms with Gasteiger partial charge in [0.2, 0.25) is 5.91 Å². The van der Waals surface area contributed by atoms with E-state index in [2.05, 4.69) is 5.32 Å². The first-order valence-electron chi connectivity index (χ1n) is 6.33. The zero-order valence-corrected chi connectivity index (χ0v) is 11.1. The largest absolute Gasteiger partial charge is 0.381 e. The molecule has 3 nitrogen and oxygen atoms in total. The molecule has 1 amide bonds. The van der Waals surface area contributed by atoms with Crippen molar-refractivity contribution in [3.05, 3.63) is 34.9 Å². The lowest BCUT2D eigenvalue weighted by molar-refractivity contribution is -0.120. The predicted octanol–water partition coefficient (Wildman–Crippen LogP) is 2.43. The molecule has 0 spiro atoms. The molecule has 1 heterocycles. The number of nitrogens with one attached hydrogen (secondary N) is 1. The summed E-state index contributed by atoms with van der Waals surface area (Å²) >= 11 is 5.79. The molecule has 0 radical (unpaired) electrons. The molecular formula is C14H18ClNO2. The minimum Gasteiger partial charge on any atom is -0.381 e. The van der Waals surface area contributed by atoms with Crippen molar-refractivity contribution in [3.8, 4) is 0 Å². The summed E-state index contributed by atoms with van der Waals surface area (Å²) in [6.45, 7) is 2.44. The van der Waals surface area contributed by atoms with E-state index < -0.39 is 0 Å². The molecule has 0 bridgehead atoms. The smallest absolute Gasteiger partial charge is 0.224 e. The highest BCUT2D eigenvalue weighted by molar-refractivity contribution is 6.30. The summed E-state index contributed by atoms with van der Waals surface area (Å²) in [7, 11) is 0. The van der Waals surface area contributed by atoms with Gasteiger partial charge in [-0.25, -0.2) is 0 Å². The number of halogens is 1. The van der Waals surface area contributed by atoms with Crippen LogP contribution >= 0.6 is 11.6 Å². The monoisotopic (exact) mass is 267 g/mol. The van der Waals surface area contributed by atoms with Crippen LogP contribution in [0.15, 0.2) is 24.3 Å². The number of rotatable bonds is 5. The Morgan fingerprint density at radius 1 is 1.39 bits per heavy atom. The fourth-order valence-corrected chi connectivity index (χ4v) is 2.20. The van der Waals surface area contributed by atoms with Gasteiger partial charge in [0.15, 0.2) is 0 Å². The van der Waals surface area contributed by atoms with Crippen molar-refractivity contribution < 1.29 is 9.53 Å². The molecule has 1 aromatic rings. The Balaban J connectivity index is 1.66. The van der Waals surface area contributed by atoms with Crippen LogP contribution < -0.4 is 5.32 Å². The first-order chi connectivity index (χ1) is 8.74. The average Bonchev–Trinajstić information content (AvgIpc) is 2.85. The standard InChI is InChI=1S/C14H18ClNO2/c15-13-3-1-11(2-4-13)9-14(17)16-7-5-12-6-8-18-10-12/h1-4,12H,5-10H2,(H,16,17)/t12-/m1/s1. The Hall–Kier alpha value is -1.06. The van der Waals surface area contributed by atoms with E-state index in [-0.39, 0.29) is 5.91 Å². The van der Waals surface area contributed by atoms with Gasteiger partial charge in [-0.2, -0.15) is 0 Å². The number of amides is 1. The maximum Gasteiger partial charge on any atom is 0.224 e. The zero-order chi connectivity index (χ0) is 12.8. The second-order valence-electron chi connectivity index (χ2n) is 4.67.